The van der Waals surface area contributed by atoms with Crippen LogP contribution in [0.5, 0.6) is 0 Å². The van der Waals surface area contributed by atoms with Crippen molar-refractivity contribution in [2.75, 3.05) is 5.75 Å². The highest BCUT2D eigenvalue weighted by Gasteiger charge is 2.46. The lowest BCUT2D eigenvalue weighted by molar-refractivity contribution is 0.356. The smallest absolute Gasteiger partial charge is 0.154 e. The van der Waals surface area contributed by atoms with Gasteiger partial charge in [-0.05, 0) is 36.0 Å². The number of aliphatic imine (C=N–C) groups is 1. The molecule has 1 aliphatic carbocycles. The Bertz CT molecular complexity index is 716. The molecule has 0 spiro atoms. The molecule has 1 aliphatic heterocycles. The third kappa shape index (κ3) is 2.74. The van der Waals surface area contributed by atoms with Crippen LogP contribution in [-0.4, -0.2) is 20.9 Å². The monoisotopic (exact) mass is 326 g/mol. The molecule has 1 saturated carbocycles. The van der Waals surface area contributed by atoms with Crippen molar-refractivity contribution in [1.82, 2.24) is 9.97 Å². The van der Waals surface area contributed by atoms with E-state index in [2.05, 4.69) is 34.2 Å². The summed E-state index contributed by atoms with van der Waals surface area (Å²) in [5.41, 5.74) is 9.39. The first-order valence-corrected chi connectivity index (χ1v) is 8.60. The normalized spacial score (nSPS) is 26.1. The maximum absolute atomic E-state index is 6.06. The van der Waals surface area contributed by atoms with E-state index in [-0.39, 0.29) is 13.0 Å². The van der Waals surface area contributed by atoms with Gasteiger partial charge < -0.3 is 5.73 Å². The average Bonchev–Trinajstić information content (AvgIpc) is 3.00. The minimum Gasteiger partial charge on any atom is -0.379 e. The summed E-state index contributed by atoms with van der Waals surface area (Å²) in [6.07, 6.45) is 8.81. The van der Waals surface area contributed by atoms with Crippen molar-refractivity contribution < 1.29 is 0 Å². The highest BCUT2D eigenvalue weighted by molar-refractivity contribution is 8.13. The first kappa shape index (κ1) is 16.0. The van der Waals surface area contributed by atoms with Crippen molar-refractivity contribution >= 4 is 16.9 Å². The Balaban J connectivity index is 0.00000156. The molecule has 2 aliphatic rings. The average molecular weight is 326 g/mol. The number of aromatic nitrogens is 2. The molecule has 4 nitrogen and oxygen atoms in total. The number of nitrogens with zero attached hydrogens (tertiary/aromatic N) is 3. The van der Waals surface area contributed by atoms with Gasteiger partial charge in [-0.25, -0.2) is 9.97 Å². The lowest BCUT2D eigenvalue weighted by Gasteiger charge is -2.36. The van der Waals surface area contributed by atoms with Gasteiger partial charge in [-0.2, -0.15) is 0 Å². The molecule has 0 saturated heterocycles. The molecule has 1 aromatic heterocycles. The van der Waals surface area contributed by atoms with E-state index in [1.165, 1.54) is 18.4 Å². The molecule has 4 rings (SSSR count). The van der Waals surface area contributed by atoms with E-state index in [0.29, 0.717) is 5.92 Å². The molecule has 5 heteroatoms. The first-order valence-electron chi connectivity index (χ1n) is 7.62. The standard InChI is InChI=1S/C17H18N4S.CH4/c18-16-21-17(6-2-5-15(17)10-22-16)14-4-1-3-12(7-14)13-8-19-11-20-9-13;/h1,3-4,7-9,11,15H,2,5-6,10H2,(H2,18,21);1H4/t15-,17+;/m0./s1. The van der Waals surface area contributed by atoms with Crippen LogP contribution in [0.2, 0.25) is 0 Å². The Morgan fingerprint density at radius 2 is 2.00 bits per heavy atom. The van der Waals surface area contributed by atoms with E-state index in [1.54, 1.807) is 18.1 Å². The van der Waals surface area contributed by atoms with Crippen molar-refractivity contribution in [3.8, 4) is 11.1 Å². The zero-order chi connectivity index (χ0) is 15.0. The van der Waals surface area contributed by atoms with Gasteiger partial charge in [0.15, 0.2) is 5.17 Å². The highest BCUT2D eigenvalue weighted by Crippen LogP contribution is 2.51. The fourth-order valence-corrected chi connectivity index (χ4v) is 4.75. The van der Waals surface area contributed by atoms with Crippen molar-refractivity contribution in [2.24, 2.45) is 16.6 Å². The third-order valence-electron chi connectivity index (χ3n) is 4.78. The molecule has 2 atom stereocenters. The van der Waals surface area contributed by atoms with Gasteiger partial charge in [-0.15, -0.1) is 0 Å². The second kappa shape index (κ2) is 6.32. The summed E-state index contributed by atoms with van der Waals surface area (Å²) in [5.74, 6) is 1.67. The lowest BCUT2D eigenvalue weighted by atomic mass is 9.81. The maximum atomic E-state index is 6.06. The summed E-state index contributed by atoms with van der Waals surface area (Å²) < 4.78 is 0. The lowest BCUT2D eigenvalue weighted by Crippen LogP contribution is -2.36. The van der Waals surface area contributed by atoms with Gasteiger partial charge in [0.05, 0.1) is 5.54 Å². The topological polar surface area (TPSA) is 64.2 Å². The van der Waals surface area contributed by atoms with Crippen LogP contribution >= 0.6 is 11.8 Å². The Kier molecular flexibility index (Phi) is 4.39. The first-order chi connectivity index (χ1) is 10.8. The SMILES string of the molecule is C.NC1=N[C@@]2(c3cccc(-c4cncnc4)c3)CCC[C@H]2CS1. The zero-order valence-corrected chi connectivity index (χ0v) is 13.1. The Hall–Kier alpha value is -1.88. The number of nitrogens with two attached hydrogens (primary N) is 1. The Labute approximate surface area is 141 Å². The van der Waals surface area contributed by atoms with Crippen LogP contribution in [0.1, 0.15) is 32.3 Å². The molecule has 2 aromatic rings. The fraction of sp³-hybridized carbons (Fsp3) is 0.389. The van der Waals surface area contributed by atoms with E-state index in [1.807, 2.05) is 12.4 Å². The molecule has 0 radical (unpaired) electrons. The van der Waals surface area contributed by atoms with Crippen LogP contribution < -0.4 is 5.73 Å². The number of hydrogen-bond acceptors (Lipinski definition) is 5. The number of benzene rings is 1. The molecule has 1 aromatic carbocycles. The van der Waals surface area contributed by atoms with Gasteiger partial charge in [-0.3, -0.25) is 4.99 Å². The van der Waals surface area contributed by atoms with Gasteiger partial charge in [0, 0.05) is 23.7 Å². The molecule has 2 heterocycles. The molecular formula is C18H22N4S. The molecule has 0 amide bonds. The minimum absolute atomic E-state index is 0. The Morgan fingerprint density at radius 3 is 2.83 bits per heavy atom. The van der Waals surface area contributed by atoms with Crippen LogP contribution in [0.15, 0.2) is 48.0 Å². The molecule has 2 N–H and O–H groups in total. The van der Waals surface area contributed by atoms with E-state index >= 15 is 0 Å². The quantitative estimate of drug-likeness (QED) is 0.911. The molecule has 120 valence electrons. The van der Waals surface area contributed by atoms with Crippen molar-refractivity contribution in [3.63, 3.8) is 0 Å². The Morgan fingerprint density at radius 1 is 1.17 bits per heavy atom. The summed E-state index contributed by atoms with van der Waals surface area (Å²) in [6, 6.07) is 8.64. The minimum atomic E-state index is -0.124. The van der Waals surface area contributed by atoms with Crippen LogP contribution in [0.25, 0.3) is 11.1 Å². The summed E-state index contributed by atoms with van der Waals surface area (Å²) in [5, 5.41) is 0.728. The van der Waals surface area contributed by atoms with Crippen LogP contribution in [0.3, 0.4) is 0 Å². The second-order valence-corrected chi connectivity index (χ2v) is 7.02. The van der Waals surface area contributed by atoms with Crippen LogP contribution in [0.4, 0.5) is 0 Å². The van der Waals surface area contributed by atoms with Crippen molar-refractivity contribution in [1.29, 1.82) is 0 Å². The molecular weight excluding hydrogens is 304 g/mol. The number of thioether (sulfide) groups is 1. The van der Waals surface area contributed by atoms with E-state index in [4.69, 9.17) is 10.7 Å². The van der Waals surface area contributed by atoms with Gasteiger partial charge in [-0.1, -0.05) is 43.8 Å². The van der Waals surface area contributed by atoms with Gasteiger partial charge in [0.25, 0.3) is 0 Å². The van der Waals surface area contributed by atoms with E-state index in [9.17, 15) is 0 Å². The highest BCUT2D eigenvalue weighted by atomic mass is 32.2. The van der Waals surface area contributed by atoms with Crippen molar-refractivity contribution in [2.45, 2.75) is 32.2 Å². The van der Waals surface area contributed by atoms with Gasteiger partial charge >= 0.3 is 0 Å². The largest absolute Gasteiger partial charge is 0.379 e. The molecule has 0 bridgehead atoms. The summed E-state index contributed by atoms with van der Waals surface area (Å²) in [6.45, 7) is 0. The van der Waals surface area contributed by atoms with E-state index in [0.717, 1.165) is 28.5 Å². The zero-order valence-electron chi connectivity index (χ0n) is 12.3. The predicted octanol–water partition coefficient (Wildman–Crippen LogP) is 3.84. The summed E-state index contributed by atoms with van der Waals surface area (Å²) in [4.78, 5) is 13.1. The number of amidine groups is 1. The third-order valence-corrected chi connectivity index (χ3v) is 5.74. The van der Waals surface area contributed by atoms with Crippen LogP contribution in [-0.2, 0) is 5.54 Å². The van der Waals surface area contributed by atoms with Crippen LogP contribution in [0, 0.1) is 5.92 Å². The van der Waals surface area contributed by atoms with Gasteiger partial charge in [0.2, 0.25) is 0 Å². The second-order valence-electron chi connectivity index (χ2n) is 5.98. The summed E-state index contributed by atoms with van der Waals surface area (Å²) >= 11 is 1.70. The molecule has 1 fully saturated rings. The molecule has 0 unspecified atom stereocenters. The fourth-order valence-electron chi connectivity index (χ4n) is 3.70. The number of fused-ring (bicyclic) bond motifs is 1. The summed E-state index contributed by atoms with van der Waals surface area (Å²) in [7, 11) is 0. The van der Waals surface area contributed by atoms with Crippen molar-refractivity contribution in [3.05, 3.63) is 48.5 Å². The predicted molar refractivity (Wildman–Crippen MR) is 97.3 cm³/mol. The molecule has 23 heavy (non-hydrogen) atoms. The van der Waals surface area contributed by atoms with E-state index < -0.39 is 0 Å². The van der Waals surface area contributed by atoms with Gasteiger partial charge in [0.1, 0.15) is 6.33 Å². The number of hydrogen-bond donors (Lipinski definition) is 1. The number of rotatable bonds is 2. The maximum Gasteiger partial charge on any atom is 0.154 e.